The molecule has 0 unspecified atom stereocenters. The molecule has 8 heteroatoms. The van der Waals surface area contributed by atoms with Crippen molar-refractivity contribution in [1.82, 2.24) is 24.6 Å². The molecule has 0 bridgehead atoms. The lowest BCUT2D eigenvalue weighted by atomic mass is 9.95. The van der Waals surface area contributed by atoms with E-state index in [0.717, 1.165) is 55.5 Å². The fraction of sp³-hybridized carbons (Fsp3) is 0.688. The van der Waals surface area contributed by atoms with Gasteiger partial charge < -0.3 is 10.1 Å². The van der Waals surface area contributed by atoms with E-state index >= 15 is 0 Å². The zero-order chi connectivity index (χ0) is 16.6. The van der Waals surface area contributed by atoms with Crippen LogP contribution in [0.3, 0.4) is 0 Å². The number of hydrogen-bond donors (Lipinski definition) is 1. The lowest BCUT2D eigenvalue weighted by molar-refractivity contribution is -0.00922. The first-order valence-corrected chi connectivity index (χ1v) is 9.64. The van der Waals surface area contributed by atoms with Gasteiger partial charge in [-0.2, -0.15) is 16.9 Å². The van der Waals surface area contributed by atoms with Crippen LogP contribution >= 0.6 is 11.8 Å². The largest absolute Gasteiger partial charge is 0.379 e. The van der Waals surface area contributed by atoms with Crippen LogP contribution in [0.1, 0.15) is 12.2 Å². The predicted molar refractivity (Wildman–Crippen MR) is 96.6 cm³/mol. The monoisotopic (exact) mass is 348 g/mol. The molecule has 2 fully saturated rings. The molecule has 2 aliphatic heterocycles. The summed E-state index contributed by atoms with van der Waals surface area (Å²) in [6, 6.07) is 0. The third-order valence-electron chi connectivity index (χ3n) is 5.05. The van der Waals surface area contributed by atoms with E-state index in [1.54, 1.807) is 4.68 Å². The molecule has 0 aromatic carbocycles. The molecule has 1 N–H and O–H groups in total. The van der Waals surface area contributed by atoms with Gasteiger partial charge in [-0.15, -0.1) is 0 Å². The summed E-state index contributed by atoms with van der Waals surface area (Å²) in [7, 11) is 1.92. The van der Waals surface area contributed by atoms with E-state index in [1.807, 2.05) is 31.9 Å². The smallest absolute Gasteiger partial charge is 0.163 e. The number of morpholine rings is 1. The van der Waals surface area contributed by atoms with Crippen LogP contribution in [0.25, 0.3) is 11.0 Å². The average Bonchev–Trinajstić information content (AvgIpc) is 3.22. The van der Waals surface area contributed by atoms with Crippen LogP contribution in [0.15, 0.2) is 6.20 Å². The Hall–Kier alpha value is -1.38. The van der Waals surface area contributed by atoms with Crippen molar-refractivity contribution in [2.45, 2.75) is 18.9 Å². The maximum Gasteiger partial charge on any atom is 0.163 e. The number of anilines is 1. The molecule has 4 rings (SSSR count). The van der Waals surface area contributed by atoms with Crippen molar-refractivity contribution in [2.24, 2.45) is 7.05 Å². The van der Waals surface area contributed by atoms with Gasteiger partial charge in [0, 0.05) is 38.0 Å². The molecule has 2 aliphatic rings. The fourth-order valence-corrected chi connectivity index (χ4v) is 5.13. The lowest BCUT2D eigenvalue weighted by Crippen LogP contribution is -2.57. The number of fused-ring (bicyclic) bond motifs is 1. The zero-order valence-electron chi connectivity index (χ0n) is 14.3. The van der Waals surface area contributed by atoms with Crippen molar-refractivity contribution in [3.8, 4) is 0 Å². The summed E-state index contributed by atoms with van der Waals surface area (Å²) in [6.07, 6.45) is 3.06. The van der Waals surface area contributed by atoms with Crippen LogP contribution in [0.2, 0.25) is 0 Å². The van der Waals surface area contributed by atoms with E-state index < -0.39 is 0 Å². The first-order valence-electron chi connectivity index (χ1n) is 8.49. The highest BCUT2D eigenvalue weighted by Gasteiger charge is 2.40. The van der Waals surface area contributed by atoms with Gasteiger partial charge in [-0.05, 0) is 19.1 Å². The molecule has 24 heavy (non-hydrogen) atoms. The van der Waals surface area contributed by atoms with Crippen molar-refractivity contribution in [3.05, 3.63) is 12.0 Å². The Morgan fingerprint density at radius 2 is 2.17 bits per heavy atom. The van der Waals surface area contributed by atoms with Gasteiger partial charge in [-0.25, -0.2) is 9.97 Å². The summed E-state index contributed by atoms with van der Waals surface area (Å²) in [4.78, 5) is 11.7. The molecule has 2 aromatic rings. The normalized spacial score (nSPS) is 25.4. The minimum Gasteiger partial charge on any atom is -0.379 e. The van der Waals surface area contributed by atoms with Crippen molar-refractivity contribution in [1.29, 1.82) is 0 Å². The molecule has 4 heterocycles. The third-order valence-corrected chi connectivity index (χ3v) is 6.29. The van der Waals surface area contributed by atoms with Crippen LogP contribution in [0.4, 0.5) is 5.82 Å². The van der Waals surface area contributed by atoms with Crippen LogP contribution in [-0.4, -0.2) is 74.5 Å². The summed E-state index contributed by atoms with van der Waals surface area (Å²) in [5, 5.41) is 8.94. The van der Waals surface area contributed by atoms with Crippen molar-refractivity contribution < 1.29 is 4.74 Å². The maximum atomic E-state index is 5.54. The predicted octanol–water partition coefficient (Wildman–Crippen LogP) is 1.29. The van der Waals surface area contributed by atoms with Crippen molar-refractivity contribution in [2.75, 3.05) is 49.7 Å². The molecular formula is C16H24N6OS. The second-order valence-corrected chi connectivity index (χ2v) is 7.71. The molecule has 2 aromatic heterocycles. The van der Waals surface area contributed by atoms with Gasteiger partial charge in [-0.3, -0.25) is 9.58 Å². The standard InChI is InChI=1S/C16H24N6OS/c1-12-19-14(13-9-18-21(2)15(13)20-12)17-10-16(3-8-24-11-16)22-4-6-23-7-5-22/h9H,3-8,10-11H2,1-2H3,(H,17,19,20)/t16-/m0/s1. The number of thioether (sulfide) groups is 1. The highest BCUT2D eigenvalue weighted by molar-refractivity contribution is 7.99. The molecule has 130 valence electrons. The van der Waals surface area contributed by atoms with E-state index in [0.29, 0.717) is 0 Å². The van der Waals surface area contributed by atoms with E-state index in [-0.39, 0.29) is 5.54 Å². The number of rotatable bonds is 4. The van der Waals surface area contributed by atoms with Crippen LogP contribution in [0, 0.1) is 6.92 Å². The van der Waals surface area contributed by atoms with Gasteiger partial charge in [0.2, 0.25) is 0 Å². The molecule has 0 radical (unpaired) electrons. The highest BCUT2D eigenvalue weighted by Crippen LogP contribution is 2.34. The molecule has 2 saturated heterocycles. The van der Waals surface area contributed by atoms with Gasteiger partial charge in [-0.1, -0.05) is 0 Å². The number of nitrogens with one attached hydrogen (secondary N) is 1. The topological polar surface area (TPSA) is 68.1 Å². The third kappa shape index (κ3) is 2.87. The van der Waals surface area contributed by atoms with Crippen LogP contribution < -0.4 is 5.32 Å². The van der Waals surface area contributed by atoms with E-state index in [2.05, 4.69) is 25.3 Å². The molecule has 0 aliphatic carbocycles. The molecule has 1 atom stereocenters. The van der Waals surface area contributed by atoms with Crippen molar-refractivity contribution in [3.63, 3.8) is 0 Å². The summed E-state index contributed by atoms with van der Waals surface area (Å²) in [6.45, 7) is 6.56. The highest BCUT2D eigenvalue weighted by atomic mass is 32.2. The van der Waals surface area contributed by atoms with E-state index in [9.17, 15) is 0 Å². The summed E-state index contributed by atoms with van der Waals surface area (Å²) in [5.74, 6) is 4.06. The van der Waals surface area contributed by atoms with Crippen LogP contribution in [0.5, 0.6) is 0 Å². The van der Waals surface area contributed by atoms with Gasteiger partial charge >= 0.3 is 0 Å². The SMILES string of the molecule is Cc1nc(NC[C@@]2(N3CCOCC3)CCSC2)c2cnn(C)c2n1. The second-order valence-electron chi connectivity index (χ2n) is 6.60. The Bertz CT molecular complexity index is 721. The average molecular weight is 348 g/mol. The summed E-state index contributed by atoms with van der Waals surface area (Å²) in [5.41, 5.74) is 1.08. The summed E-state index contributed by atoms with van der Waals surface area (Å²) >= 11 is 2.05. The molecule has 0 amide bonds. The molecule has 7 nitrogen and oxygen atoms in total. The first kappa shape index (κ1) is 16.1. The lowest BCUT2D eigenvalue weighted by Gasteiger charge is -2.43. The molecule has 0 spiro atoms. The molecular weight excluding hydrogens is 324 g/mol. The van der Waals surface area contributed by atoms with Crippen molar-refractivity contribution >= 4 is 28.6 Å². The Labute approximate surface area is 146 Å². The number of ether oxygens (including phenoxy) is 1. The van der Waals surface area contributed by atoms with Gasteiger partial charge in [0.1, 0.15) is 11.6 Å². The van der Waals surface area contributed by atoms with Crippen LogP contribution in [-0.2, 0) is 11.8 Å². The Kier molecular flexibility index (Phi) is 4.36. The quantitative estimate of drug-likeness (QED) is 0.893. The Morgan fingerprint density at radius 3 is 2.92 bits per heavy atom. The van der Waals surface area contributed by atoms with Gasteiger partial charge in [0.25, 0.3) is 0 Å². The minimum absolute atomic E-state index is 0.196. The number of hydrogen-bond acceptors (Lipinski definition) is 7. The number of aryl methyl sites for hydroxylation is 2. The summed E-state index contributed by atoms with van der Waals surface area (Å²) < 4.78 is 7.35. The number of nitrogens with zero attached hydrogens (tertiary/aromatic N) is 5. The minimum atomic E-state index is 0.196. The number of aromatic nitrogens is 4. The second kappa shape index (κ2) is 6.50. The van der Waals surface area contributed by atoms with E-state index in [4.69, 9.17) is 4.74 Å². The molecule has 0 saturated carbocycles. The maximum absolute atomic E-state index is 5.54. The van der Waals surface area contributed by atoms with Gasteiger partial charge in [0.05, 0.1) is 24.8 Å². The van der Waals surface area contributed by atoms with E-state index in [1.165, 1.54) is 17.9 Å². The van der Waals surface area contributed by atoms with Gasteiger partial charge in [0.15, 0.2) is 5.65 Å². The fourth-order valence-electron chi connectivity index (χ4n) is 3.65. The zero-order valence-corrected chi connectivity index (χ0v) is 15.1. The Morgan fingerprint density at radius 1 is 1.33 bits per heavy atom. The first-order chi connectivity index (χ1) is 11.7. The Balaban J connectivity index is 1.58.